The van der Waals surface area contributed by atoms with Crippen LogP contribution >= 0.6 is 11.6 Å². The summed E-state index contributed by atoms with van der Waals surface area (Å²) >= 11 is 5.90. The average Bonchev–Trinajstić information content (AvgIpc) is 2.60. The molecule has 6 nitrogen and oxygen atoms in total. The third kappa shape index (κ3) is 5.49. The summed E-state index contributed by atoms with van der Waals surface area (Å²) in [6.07, 6.45) is 0.926. The number of carbonyl (C=O) groups is 1. The lowest BCUT2D eigenvalue weighted by molar-refractivity contribution is 0.0600. The Morgan fingerprint density at radius 1 is 1.33 bits per heavy atom. The van der Waals surface area contributed by atoms with Gasteiger partial charge in [-0.1, -0.05) is 23.7 Å². The molecule has 1 aromatic heterocycles. The van der Waals surface area contributed by atoms with Crippen molar-refractivity contribution in [1.82, 2.24) is 10.3 Å². The number of methoxy groups -OCH3 is 1. The molecule has 2 rings (SSSR count). The zero-order valence-electron chi connectivity index (χ0n) is 13.3. The van der Waals surface area contributed by atoms with Crippen molar-refractivity contribution >= 4 is 23.4 Å². The summed E-state index contributed by atoms with van der Waals surface area (Å²) in [6.45, 7) is 1.64. The van der Waals surface area contributed by atoms with Gasteiger partial charge in [-0.25, -0.2) is 9.78 Å². The van der Waals surface area contributed by atoms with Crippen molar-refractivity contribution in [2.75, 3.05) is 32.1 Å². The second-order valence-corrected chi connectivity index (χ2v) is 5.56. The summed E-state index contributed by atoms with van der Waals surface area (Å²) < 4.78 is 4.67. The van der Waals surface area contributed by atoms with Gasteiger partial charge in [0.25, 0.3) is 0 Å². The molecule has 3 N–H and O–H groups in total. The third-order valence-corrected chi connectivity index (χ3v) is 3.60. The molecule has 24 heavy (non-hydrogen) atoms. The van der Waals surface area contributed by atoms with Crippen LogP contribution in [0.5, 0.6) is 0 Å². The number of nitrogens with one attached hydrogen (secondary N) is 2. The quantitative estimate of drug-likeness (QED) is 0.501. The lowest BCUT2D eigenvalue weighted by Crippen LogP contribution is -2.27. The van der Waals surface area contributed by atoms with Gasteiger partial charge >= 0.3 is 5.97 Å². The van der Waals surface area contributed by atoms with Gasteiger partial charge in [0, 0.05) is 30.9 Å². The van der Waals surface area contributed by atoms with E-state index in [1.54, 1.807) is 30.5 Å². The van der Waals surface area contributed by atoms with Gasteiger partial charge < -0.3 is 20.5 Å². The molecule has 0 bridgehead atoms. The van der Waals surface area contributed by atoms with Crippen LogP contribution in [0.15, 0.2) is 42.6 Å². The molecule has 128 valence electrons. The van der Waals surface area contributed by atoms with E-state index in [2.05, 4.69) is 20.4 Å². The number of halogens is 1. The molecule has 0 spiro atoms. The van der Waals surface area contributed by atoms with E-state index in [9.17, 15) is 9.90 Å². The van der Waals surface area contributed by atoms with Crippen molar-refractivity contribution in [2.24, 2.45) is 0 Å². The van der Waals surface area contributed by atoms with E-state index < -0.39 is 12.1 Å². The summed E-state index contributed by atoms with van der Waals surface area (Å²) in [7, 11) is 1.34. The maximum Gasteiger partial charge on any atom is 0.338 e. The summed E-state index contributed by atoms with van der Waals surface area (Å²) in [6, 6.07) is 10.4. The van der Waals surface area contributed by atoms with Crippen molar-refractivity contribution in [3.05, 3.63) is 58.7 Å². The summed E-state index contributed by atoms with van der Waals surface area (Å²) in [5.41, 5.74) is 1.22. The predicted molar refractivity (Wildman–Crippen MR) is 93.3 cm³/mol. The molecule has 0 fully saturated rings. The molecular formula is C17H20ClN3O3. The minimum absolute atomic E-state index is 0.400. The first-order valence-electron chi connectivity index (χ1n) is 7.52. The number of esters is 1. The number of anilines is 1. The topological polar surface area (TPSA) is 83.5 Å². The smallest absolute Gasteiger partial charge is 0.338 e. The minimum Gasteiger partial charge on any atom is -0.465 e. The van der Waals surface area contributed by atoms with E-state index in [-0.39, 0.29) is 0 Å². The fraction of sp³-hybridized carbons (Fsp3) is 0.294. The highest BCUT2D eigenvalue weighted by Crippen LogP contribution is 2.16. The molecule has 0 aliphatic heterocycles. The van der Waals surface area contributed by atoms with Crippen LogP contribution in [0.2, 0.25) is 5.02 Å². The molecule has 0 unspecified atom stereocenters. The Bertz CT molecular complexity index is 682. The van der Waals surface area contributed by atoms with Gasteiger partial charge in [0.2, 0.25) is 0 Å². The van der Waals surface area contributed by atoms with E-state index in [1.165, 1.54) is 7.11 Å². The first-order chi connectivity index (χ1) is 11.6. The largest absolute Gasteiger partial charge is 0.465 e. The van der Waals surface area contributed by atoms with Gasteiger partial charge in [-0.2, -0.15) is 0 Å². The van der Waals surface area contributed by atoms with Crippen LogP contribution in [0.4, 0.5) is 5.82 Å². The van der Waals surface area contributed by atoms with E-state index in [1.807, 2.05) is 12.1 Å². The molecule has 1 aromatic carbocycles. The highest BCUT2D eigenvalue weighted by Gasteiger charge is 2.08. The maximum absolute atomic E-state index is 11.4. The lowest BCUT2D eigenvalue weighted by Gasteiger charge is -2.13. The Morgan fingerprint density at radius 3 is 2.92 bits per heavy atom. The van der Waals surface area contributed by atoms with Crippen LogP contribution in [0.3, 0.4) is 0 Å². The van der Waals surface area contributed by atoms with Crippen LogP contribution in [-0.4, -0.2) is 42.8 Å². The van der Waals surface area contributed by atoms with Crippen LogP contribution in [0, 0.1) is 0 Å². The molecule has 7 heteroatoms. The Hall–Kier alpha value is -2.15. The Balaban J connectivity index is 1.72. The fourth-order valence-corrected chi connectivity index (χ4v) is 2.32. The zero-order chi connectivity index (χ0) is 17.4. The number of hydrogen-bond donors (Lipinski definition) is 3. The molecule has 1 atom stereocenters. The Kier molecular flexibility index (Phi) is 6.99. The van der Waals surface area contributed by atoms with Gasteiger partial charge in [-0.15, -0.1) is 0 Å². The van der Waals surface area contributed by atoms with Crippen LogP contribution in [-0.2, 0) is 4.74 Å². The highest BCUT2D eigenvalue weighted by molar-refractivity contribution is 6.30. The minimum atomic E-state index is -0.621. The van der Waals surface area contributed by atoms with E-state index >= 15 is 0 Å². The number of hydrogen-bond acceptors (Lipinski definition) is 6. The molecule has 0 saturated carbocycles. The number of aliphatic hydroxyl groups excluding tert-OH is 1. The van der Waals surface area contributed by atoms with Crippen LogP contribution < -0.4 is 10.6 Å². The standard InChI is InChI=1S/C17H20ClN3O3/c1-24-17(23)13-5-6-20-16(10-13)21-8-7-19-11-15(22)12-3-2-4-14(18)9-12/h2-6,9-10,15,19,22H,7-8,11H2,1H3,(H,20,21)/t15-/m0/s1. The Morgan fingerprint density at radius 2 is 2.17 bits per heavy atom. The first kappa shape index (κ1) is 18.2. The van der Waals surface area contributed by atoms with Crippen LogP contribution in [0.1, 0.15) is 22.0 Å². The average molecular weight is 350 g/mol. The number of rotatable bonds is 8. The van der Waals surface area contributed by atoms with Crippen molar-refractivity contribution in [1.29, 1.82) is 0 Å². The van der Waals surface area contributed by atoms with Gasteiger partial charge in [0.15, 0.2) is 0 Å². The number of aliphatic hydroxyl groups is 1. The second-order valence-electron chi connectivity index (χ2n) is 5.12. The molecule has 0 radical (unpaired) electrons. The van der Waals surface area contributed by atoms with Crippen molar-refractivity contribution < 1.29 is 14.6 Å². The SMILES string of the molecule is COC(=O)c1ccnc(NCCNC[C@H](O)c2cccc(Cl)c2)c1. The molecule has 2 aromatic rings. The van der Waals surface area contributed by atoms with Crippen molar-refractivity contribution in [2.45, 2.75) is 6.10 Å². The number of carbonyl (C=O) groups excluding carboxylic acids is 1. The van der Waals surface area contributed by atoms with E-state index in [0.717, 1.165) is 5.56 Å². The molecule has 1 heterocycles. The predicted octanol–water partition coefficient (Wildman–Crippen LogP) is 2.26. The van der Waals surface area contributed by atoms with Crippen LogP contribution in [0.25, 0.3) is 0 Å². The van der Waals surface area contributed by atoms with Crippen molar-refractivity contribution in [3.8, 4) is 0 Å². The molecule has 0 amide bonds. The molecular weight excluding hydrogens is 330 g/mol. The Labute approximate surface area is 145 Å². The number of pyridine rings is 1. The number of ether oxygens (including phenoxy) is 1. The van der Waals surface area contributed by atoms with E-state index in [4.69, 9.17) is 11.6 Å². The molecule has 0 aliphatic rings. The van der Waals surface area contributed by atoms with Gasteiger partial charge in [0.1, 0.15) is 5.82 Å². The monoisotopic (exact) mass is 349 g/mol. The molecule has 0 saturated heterocycles. The first-order valence-corrected chi connectivity index (χ1v) is 7.90. The number of aromatic nitrogens is 1. The fourth-order valence-electron chi connectivity index (χ4n) is 2.12. The number of nitrogens with zero attached hydrogens (tertiary/aromatic N) is 1. The number of benzene rings is 1. The summed E-state index contributed by atoms with van der Waals surface area (Å²) in [5, 5.41) is 16.9. The zero-order valence-corrected chi connectivity index (χ0v) is 14.1. The van der Waals surface area contributed by atoms with Gasteiger partial charge in [-0.3, -0.25) is 0 Å². The summed E-state index contributed by atoms with van der Waals surface area (Å²) in [5.74, 6) is 0.193. The summed E-state index contributed by atoms with van der Waals surface area (Å²) in [4.78, 5) is 15.6. The maximum atomic E-state index is 11.4. The van der Waals surface area contributed by atoms with Crippen molar-refractivity contribution in [3.63, 3.8) is 0 Å². The van der Waals surface area contributed by atoms with E-state index in [0.29, 0.717) is 36.0 Å². The van der Waals surface area contributed by atoms with Gasteiger partial charge in [-0.05, 0) is 29.8 Å². The highest BCUT2D eigenvalue weighted by atomic mass is 35.5. The normalized spacial score (nSPS) is 11.8. The van der Waals surface area contributed by atoms with Gasteiger partial charge in [0.05, 0.1) is 18.8 Å². The third-order valence-electron chi connectivity index (χ3n) is 3.36. The molecule has 0 aliphatic carbocycles. The lowest BCUT2D eigenvalue weighted by atomic mass is 10.1. The second kappa shape index (κ2) is 9.22.